The van der Waals surface area contributed by atoms with Crippen LogP contribution in [0.1, 0.15) is 63.4 Å². The molecule has 0 unspecified atom stereocenters. The van der Waals surface area contributed by atoms with Crippen molar-refractivity contribution in [2.45, 2.75) is 57.8 Å². The molecule has 1 aliphatic carbocycles. The number of hydrogen-bond donors (Lipinski definition) is 1. The maximum absolute atomic E-state index is 12.1. The van der Waals surface area contributed by atoms with E-state index >= 15 is 0 Å². The average molecular weight is 388 g/mol. The van der Waals surface area contributed by atoms with Crippen LogP contribution in [-0.2, 0) is 9.59 Å². The summed E-state index contributed by atoms with van der Waals surface area (Å²) in [6, 6.07) is 6.97. The van der Waals surface area contributed by atoms with E-state index in [4.69, 9.17) is 4.74 Å². The van der Waals surface area contributed by atoms with Gasteiger partial charge in [-0.2, -0.15) is 0 Å². The molecule has 6 heteroatoms. The zero-order chi connectivity index (χ0) is 19.1. The van der Waals surface area contributed by atoms with Crippen LogP contribution in [0.25, 0.3) is 6.08 Å². The summed E-state index contributed by atoms with van der Waals surface area (Å²) in [4.78, 5) is 35.2. The van der Waals surface area contributed by atoms with Gasteiger partial charge in [0.1, 0.15) is 5.75 Å². The molecule has 1 aromatic carbocycles. The van der Waals surface area contributed by atoms with E-state index < -0.39 is 5.91 Å². The molecule has 1 aliphatic heterocycles. The average Bonchev–Trinajstić information content (AvgIpc) is 2.97. The summed E-state index contributed by atoms with van der Waals surface area (Å²) in [5.41, 5.74) is 0.713. The van der Waals surface area contributed by atoms with E-state index in [1.54, 1.807) is 30.3 Å². The van der Waals surface area contributed by atoms with Crippen LogP contribution in [0, 0.1) is 5.92 Å². The summed E-state index contributed by atoms with van der Waals surface area (Å²) in [5, 5.41) is 1.84. The Kier molecular flexibility index (Phi) is 7.10. The molecule has 1 aromatic rings. The monoisotopic (exact) mass is 387 g/mol. The lowest BCUT2D eigenvalue weighted by Gasteiger charge is -2.21. The number of rotatable bonds is 7. The van der Waals surface area contributed by atoms with E-state index in [2.05, 4.69) is 5.32 Å². The Labute approximate surface area is 163 Å². The highest BCUT2D eigenvalue weighted by atomic mass is 32.2. The highest BCUT2D eigenvalue weighted by Crippen LogP contribution is 2.28. The molecule has 1 N–H and O–H groups in total. The van der Waals surface area contributed by atoms with Crippen molar-refractivity contribution in [3.05, 3.63) is 34.7 Å². The Morgan fingerprint density at radius 2 is 2.00 bits per heavy atom. The van der Waals surface area contributed by atoms with Gasteiger partial charge in [-0.3, -0.25) is 19.7 Å². The zero-order valence-electron chi connectivity index (χ0n) is 15.4. The maximum atomic E-state index is 12.1. The third kappa shape index (κ3) is 6.24. The second-order valence-corrected chi connectivity index (χ2v) is 8.16. The summed E-state index contributed by atoms with van der Waals surface area (Å²) in [6.45, 7) is 0. The van der Waals surface area contributed by atoms with Crippen LogP contribution in [0.2, 0.25) is 0 Å². The van der Waals surface area contributed by atoms with E-state index in [1.807, 2.05) is 0 Å². The molecule has 0 radical (unpaired) electrons. The SMILES string of the molecule is O=C(CCCCC1CCCCC1)Oc1cccc(/C=C2\SC(=O)NC2=O)c1. The lowest BCUT2D eigenvalue weighted by atomic mass is 9.86. The van der Waals surface area contributed by atoms with E-state index in [0.29, 0.717) is 22.6 Å². The molecule has 0 atom stereocenters. The Balaban J connectivity index is 1.44. The van der Waals surface area contributed by atoms with Crippen LogP contribution in [0.15, 0.2) is 29.2 Å². The third-order valence-electron chi connectivity index (χ3n) is 5.00. The standard InChI is InChI=1S/C21H25NO4S/c23-19(12-5-4-9-15-7-2-1-3-8-15)26-17-11-6-10-16(13-17)14-18-20(24)22-21(25)27-18/h6,10-11,13-15H,1-5,7-9,12H2,(H,22,24,25)/b18-14-. The number of esters is 1. The first-order chi connectivity index (χ1) is 13.1. The predicted molar refractivity (Wildman–Crippen MR) is 106 cm³/mol. The van der Waals surface area contributed by atoms with Crippen molar-refractivity contribution in [3.8, 4) is 5.75 Å². The molecule has 2 amide bonds. The van der Waals surface area contributed by atoms with Crippen molar-refractivity contribution in [2.24, 2.45) is 5.92 Å². The van der Waals surface area contributed by atoms with Crippen molar-refractivity contribution in [3.63, 3.8) is 0 Å². The summed E-state index contributed by atoms with van der Waals surface area (Å²) in [7, 11) is 0. The quantitative estimate of drug-likeness (QED) is 0.306. The molecule has 27 heavy (non-hydrogen) atoms. The van der Waals surface area contributed by atoms with Gasteiger partial charge in [-0.1, -0.05) is 57.1 Å². The van der Waals surface area contributed by atoms with Gasteiger partial charge >= 0.3 is 5.97 Å². The smallest absolute Gasteiger partial charge is 0.311 e. The number of benzene rings is 1. The number of nitrogens with one attached hydrogen (secondary N) is 1. The molecule has 5 nitrogen and oxygen atoms in total. The van der Waals surface area contributed by atoms with Gasteiger partial charge in [0.15, 0.2) is 0 Å². The molecular formula is C21H25NO4S. The molecule has 2 fully saturated rings. The van der Waals surface area contributed by atoms with E-state index in [1.165, 1.54) is 38.5 Å². The molecule has 3 rings (SSSR count). The lowest BCUT2D eigenvalue weighted by molar-refractivity contribution is -0.134. The van der Waals surface area contributed by atoms with Crippen molar-refractivity contribution in [1.82, 2.24) is 5.32 Å². The summed E-state index contributed by atoms with van der Waals surface area (Å²) >= 11 is 0.867. The Morgan fingerprint density at radius 1 is 1.19 bits per heavy atom. The number of ether oxygens (including phenoxy) is 1. The van der Waals surface area contributed by atoms with Crippen LogP contribution >= 0.6 is 11.8 Å². The van der Waals surface area contributed by atoms with Crippen molar-refractivity contribution in [1.29, 1.82) is 0 Å². The number of thioether (sulfide) groups is 1. The highest BCUT2D eigenvalue weighted by Gasteiger charge is 2.24. The minimum atomic E-state index is -0.398. The number of amides is 2. The van der Waals surface area contributed by atoms with Gasteiger partial charge in [0.2, 0.25) is 0 Å². The lowest BCUT2D eigenvalue weighted by Crippen LogP contribution is -2.17. The van der Waals surface area contributed by atoms with E-state index in [0.717, 1.165) is 30.5 Å². The minimum absolute atomic E-state index is 0.230. The van der Waals surface area contributed by atoms with E-state index in [-0.39, 0.29) is 11.2 Å². The molecule has 0 spiro atoms. The fourth-order valence-electron chi connectivity index (χ4n) is 3.60. The van der Waals surface area contributed by atoms with Gasteiger partial charge in [-0.05, 0) is 47.9 Å². The van der Waals surface area contributed by atoms with Crippen molar-refractivity contribution >= 4 is 35.0 Å². The van der Waals surface area contributed by atoms with Crippen molar-refractivity contribution < 1.29 is 19.1 Å². The molecule has 1 saturated carbocycles. The first-order valence-electron chi connectivity index (χ1n) is 9.66. The van der Waals surface area contributed by atoms with Gasteiger partial charge in [0.25, 0.3) is 11.1 Å². The third-order valence-corrected chi connectivity index (χ3v) is 5.81. The highest BCUT2D eigenvalue weighted by molar-refractivity contribution is 8.18. The minimum Gasteiger partial charge on any atom is -0.427 e. The van der Waals surface area contributed by atoms with E-state index in [9.17, 15) is 14.4 Å². The second-order valence-electron chi connectivity index (χ2n) is 7.15. The Bertz CT molecular complexity index is 737. The fourth-order valence-corrected chi connectivity index (χ4v) is 4.28. The maximum Gasteiger partial charge on any atom is 0.311 e. The Morgan fingerprint density at radius 3 is 2.74 bits per heavy atom. The summed E-state index contributed by atoms with van der Waals surface area (Å²) in [6.07, 6.45) is 12.0. The van der Waals surface area contributed by atoms with Crippen LogP contribution < -0.4 is 10.1 Å². The molecule has 144 valence electrons. The molecule has 1 saturated heterocycles. The molecular weight excluding hydrogens is 362 g/mol. The first kappa shape index (κ1) is 19.7. The number of carbonyl (C=O) groups excluding carboxylic acids is 3. The summed E-state index contributed by atoms with van der Waals surface area (Å²) in [5.74, 6) is 0.672. The second kappa shape index (κ2) is 9.74. The first-order valence-corrected chi connectivity index (χ1v) is 10.5. The van der Waals surface area contributed by atoms with Gasteiger partial charge in [-0.15, -0.1) is 0 Å². The van der Waals surface area contributed by atoms with Gasteiger partial charge in [-0.25, -0.2) is 0 Å². The largest absolute Gasteiger partial charge is 0.427 e. The van der Waals surface area contributed by atoms with Gasteiger partial charge in [0.05, 0.1) is 4.91 Å². The van der Waals surface area contributed by atoms with Crippen LogP contribution in [-0.4, -0.2) is 17.1 Å². The van der Waals surface area contributed by atoms with Crippen LogP contribution in [0.5, 0.6) is 5.75 Å². The Hall–Kier alpha value is -2.08. The van der Waals surface area contributed by atoms with Crippen LogP contribution in [0.4, 0.5) is 4.79 Å². The van der Waals surface area contributed by atoms with Gasteiger partial charge in [0, 0.05) is 6.42 Å². The normalized spacial score (nSPS) is 19.3. The fraction of sp³-hybridized carbons (Fsp3) is 0.476. The molecule has 0 bridgehead atoms. The molecule has 0 aromatic heterocycles. The van der Waals surface area contributed by atoms with Gasteiger partial charge < -0.3 is 4.74 Å². The number of imide groups is 1. The predicted octanol–water partition coefficient (Wildman–Crippen LogP) is 5.06. The van der Waals surface area contributed by atoms with Crippen molar-refractivity contribution in [2.75, 3.05) is 0 Å². The topological polar surface area (TPSA) is 72.5 Å². The zero-order valence-corrected chi connectivity index (χ0v) is 16.2. The number of hydrogen-bond acceptors (Lipinski definition) is 5. The number of carbonyl (C=O) groups is 3. The number of unbranched alkanes of at least 4 members (excludes halogenated alkanes) is 1. The summed E-state index contributed by atoms with van der Waals surface area (Å²) < 4.78 is 5.42. The molecule has 2 aliphatic rings. The molecule has 1 heterocycles. The van der Waals surface area contributed by atoms with Crippen LogP contribution in [0.3, 0.4) is 0 Å².